The van der Waals surface area contributed by atoms with Crippen LogP contribution in [0.1, 0.15) is 258 Å². The van der Waals surface area contributed by atoms with Crippen LogP contribution in [-0.4, -0.2) is 46.9 Å². The highest BCUT2D eigenvalue weighted by atomic mass is 16.5. The van der Waals surface area contributed by atoms with Gasteiger partial charge in [-0.15, -0.1) is 0 Å². The Kier molecular flexibility index (Phi) is 49.1. The number of nitrogens with one attached hydrogen (secondary N) is 1. The number of esters is 1. The van der Waals surface area contributed by atoms with Crippen molar-refractivity contribution in [2.24, 2.45) is 0 Å². The van der Waals surface area contributed by atoms with Crippen LogP contribution in [0, 0.1) is 0 Å². The Bertz CT molecular complexity index is 1190. The highest BCUT2D eigenvalue weighted by molar-refractivity contribution is 5.77. The van der Waals surface area contributed by atoms with Crippen LogP contribution in [-0.2, 0) is 14.3 Å². The molecule has 0 saturated heterocycles. The van der Waals surface area contributed by atoms with Crippen molar-refractivity contribution >= 4 is 11.9 Å². The lowest BCUT2D eigenvalue weighted by atomic mass is 10.0. The molecule has 0 radical (unpaired) electrons. The number of hydrogen-bond acceptors (Lipinski definition) is 5. The zero-order valence-electron chi connectivity index (χ0n) is 42.1. The minimum Gasteiger partial charge on any atom is -0.462 e. The van der Waals surface area contributed by atoms with Crippen molar-refractivity contribution in [2.75, 3.05) is 6.61 Å². The Balaban J connectivity index is 4.69. The molecule has 0 saturated carbocycles. The third-order valence-corrected chi connectivity index (χ3v) is 12.0. The molecule has 0 heterocycles. The molecule has 0 spiro atoms. The van der Waals surface area contributed by atoms with Crippen LogP contribution in [0.3, 0.4) is 0 Å². The maximum absolute atomic E-state index is 13.2. The van der Waals surface area contributed by atoms with Crippen LogP contribution in [0.5, 0.6) is 0 Å². The summed E-state index contributed by atoms with van der Waals surface area (Å²) in [4.78, 5) is 26.2. The van der Waals surface area contributed by atoms with Gasteiger partial charge in [0.25, 0.3) is 0 Å². The first-order chi connectivity index (χ1) is 31.5. The third-order valence-electron chi connectivity index (χ3n) is 12.0. The van der Waals surface area contributed by atoms with Gasteiger partial charge in [-0.25, -0.2) is 0 Å². The van der Waals surface area contributed by atoms with Crippen molar-refractivity contribution in [3.63, 3.8) is 0 Å². The van der Waals surface area contributed by atoms with Gasteiger partial charge in [-0.1, -0.05) is 216 Å². The van der Waals surface area contributed by atoms with E-state index in [9.17, 15) is 19.8 Å². The summed E-state index contributed by atoms with van der Waals surface area (Å²) in [5.74, 6) is -0.536. The highest BCUT2D eigenvalue weighted by Gasteiger charge is 2.24. The maximum Gasteiger partial charge on any atom is 0.306 e. The van der Waals surface area contributed by atoms with E-state index in [1.165, 1.54) is 116 Å². The number of carbonyl (C=O) groups excluding carboxylic acids is 2. The summed E-state index contributed by atoms with van der Waals surface area (Å²) < 4.78 is 5.92. The maximum atomic E-state index is 13.2. The number of hydrogen-bond donors (Lipinski definition) is 3. The van der Waals surface area contributed by atoms with Crippen LogP contribution < -0.4 is 5.32 Å². The van der Waals surface area contributed by atoms with E-state index in [1.807, 2.05) is 0 Å². The minimum atomic E-state index is -0.805. The molecule has 0 aromatic rings. The van der Waals surface area contributed by atoms with Crippen molar-refractivity contribution in [2.45, 2.75) is 277 Å². The lowest BCUT2D eigenvalue weighted by Gasteiger charge is -2.24. The van der Waals surface area contributed by atoms with Gasteiger partial charge in [0, 0.05) is 6.42 Å². The monoisotopic (exact) mass is 894 g/mol. The second-order valence-corrected chi connectivity index (χ2v) is 18.3. The first kappa shape index (κ1) is 61.3. The summed E-state index contributed by atoms with van der Waals surface area (Å²) >= 11 is 0. The van der Waals surface area contributed by atoms with E-state index in [1.54, 1.807) is 0 Å². The van der Waals surface area contributed by atoms with E-state index in [4.69, 9.17) is 4.74 Å². The van der Waals surface area contributed by atoms with Gasteiger partial charge in [0.15, 0.2) is 0 Å². The number of unbranched alkanes of at least 4 members (excludes halogenated alkanes) is 24. The smallest absolute Gasteiger partial charge is 0.306 e. The van der Waals surface area contributed by atoms with E-state index in [0.717, 1.165) is 96.3 Å². The number of carbonyl (C=O) groups is 2. The van der Waals surface area contributed by atoms with Gasteiger partial charge in [-0.3, -0.25) is 9.59 Å². The summed E-state index contributed by atoms with van der Waals surface area (Å²) in [6, 6.07) is -0.721. The fourth-order valence-electron chi connectivity index (χ4n) is 7.86. The molecule has 0 fully saturated rings. The minimum absolute atomic E-state index is 0.0403. The third kappa shape index (κ3) is 45.9. The summed E-state index contributed by atoms with van der Waals surface area (Å²) in [7, 11) is 0. The SMILES string of the molecule is CCCCC/C=C\C/C=C\C/C=C\CCCCCCC(=O)OC(CCCC/C=C\C/C=C\C/C=C\CCCCC)CC(=O)NC(CO)C(O)CCCCCCCCCCCCCCC. The van der Waals surface area contributed by atoms with Gasteiger partial charge in [-0.05, 0) is 103 Å². The molecule has 6 nitrogen and oxygen atoms in total. The van der Waals surface area contributed by atoms with E-state index >= 15 is 0 Å². The molecular formula is C58H103NO5. The lowest BCUT2D eigenvalue weighted by Crippen LogP contribution is -2.46. The zero-order valence-corrected chi connectivity index (χ0v) is 42.1. The predicted octanol–water partition coefficient (Wildman–Crippen LogP) is 16.6. The standard InChI is InChI=1S/C58H103NO5/c1-4-7-10-13-16-19-22-25-27-28-30-33-36-39-42-45-48-51-58(63)64-54(49-46-43-40-37-34-32-29-26-23-20-17-14-11-8-5-2)52-57(62)59-55(53-60)56(61)50-47-44-41-38-35-31-24-21-18-15-12-9-6-3/h16-17,19-20,25-27,29-30,33-34,37,54-56,60-61H,4-15,18,21-24,28,31-32,35-36,38-53H2,1-3H3,(H,59,62)/b19-16-,20-17-,27-25-,29-26-,33-30-,37-34-. The van der Waals surface area contributed by atoms with Gasteiger partial charge in [0.1, 0.15) is 6.10 Å². The van der Waals surface area contributed by atoms with Gasteiger partial charge in [0.2, 0.25) is 5.91 Å². The zero-order chi connectivity index (χ0) is 46.7. The predicted molar refractivity (Wildman–Crippen MR) is 278 cm³/mol. The van der Waals surface area contributed by atoms with Crippen LogP contribution in [0.15, 0.2) is 72.9 Å². The average Bonchev–Trinajstić information content (AvgIpc) is 3.29. The molecule has 0 bridgehead atoms. The molecule has 0 rings (SSSR count). The van der Waals surface area contributed by atoms with E-state index in [-0.39, 0.29) is 24.9 Å². The summed E-state index contributed by atoms with van der Waals surface area (Å²) in [6.07, 6.45) is 65.3. The van der Waals surface area contributed by atoms with Crippen LogP contribution in [0.2, 0.25) is 0 Å². The van der Waals surface area contributed by atoms with Crippen LogP contribution in [0.4, 0.5) is 0 Å². The molecule has 370 valence electrons. The highest BCUT2D eigenvalue weighted by Crippen LogP contribution is 2.17. The summed E-state index contributed by atoms with van der Waals surface area (Å²) in [5, 5.41) is 23.8. The number of amides is 1. The molecule has 0 aliphatic heterocycles. The van der Waals surface area contributed by atoms with Gasteiger partial charge in [-0.2, -0.15) is 0 Å². The van der Waals surface area contributed by atoms with Crippen molar-refractivity contribution in [1.29, 1.82) is 0 Å². The molecule has 0 aliphatic rings. The molecule has 3 atom stereocenters. The summed E-state index contributed by atoms with van der Waals surface area (Å²) in [6.45, 7) is 6.42. The number of ether oxygens (including phenoxy) is 1. The van der Waals surface area contributed by atoms with E-state index in [0.29, 0.717) is 19.3 Å². The summed E-state index contributed by atoms with van der Waals surface area (Å²) in [5.41, 5.74) is 0. The van der Waals surface area contributed by atoms with E-state index < -0.39 is 18.2 Å². The van der Waals surface area contributed by atoms with Crippen molar-refractivity contribution < 1.29 is 24.5 Å². The number of rotatable bonds is 48. The van der Waals surface area contributed by atoms with Crippen molar-refractivity contribution in [3.8, 4) is 0 Å². The van der Waals surface area contributed by atoms with E-state index in [2.05, 4.69) is 99.0 Å². The molecule has 0 aliphatic carbocycles. The Hall–Kier alpha value is -2.70. The number of aliphatic hydroxyl groups excluding tert-OH is 2. The molecule has 3 unspecified atom stereocenters. The van der Waals surface area contributed by atoms with Gasteiger partial charge in [0.05, 0.1) is 25.2 Å². The van der Waals surface area contributed by atoms with Crippen LogP contribution >= 0.6 is 0 Å². The molecule has 1 amide bonds. The number of aliphatic hydroxyl groups is 2. The van der Waals surface area contributed by atoms with Crippen molar-refractivity contribution in [1.82, 2.24) is 5.32 Å². The Morgan fingerprint density at radius 1 is 0.453 bits per heavy atom. The lowest BCUT2D eigenvalue weighted by molar-refractivity contribution is -0.151. The van der Waals surface area contributed by atoms with Crippen molar-refractivity contribution in [3.05, 3.63) is 72.9 Å². The molecule has 64 heavy (non-hydrogen) atoms. The molecule has 0 aromatic carbocycles. The second-order valence-electron chi connectivity index (χ2n) is 18.3. The quantitative estimate of drug-likeness (QED) is 0.0321. The molecular weight excluding hydrogens is 791 g/mol. The fourth-order valence-corrected chi connectivity index (χ4v) is 7.86. The largest absolute Gasteiger partial charge is 0.462 e. The normalized spacial score (nSPS) is 13.8. The topological polar surface area (TPSA) is 95.9 Å². The van der Waals surface area contributed by atoms with Gasteiger partial charge >= 0.3 is 5.97 Å². The first-order valence-electron chi connectivity index (χ1n) is 27.2. The second kappa shape index (κ2) is 51.3. The molecule has 0 aromatic heterocycles. The Morgan fingerprint density at radius 3 is 1.25 bits per heavy atom. The fraction of sp³-hybridized carbons (Fsp3) is 0.759. The average molecular weight is 894 g/mol. The number of allylic oxidation sites excluding steroid dienone is 12. The first-order valence-corrected chi connectivity index (χ1v) is 27.2. The molecule has 3 N–H and O–H groups in total. The van der Waals surface area contributed by atoms with Crippen LogP contribution in [0.25, 0.3) is 0 Å². The Labute approximate surface area is 396 Å². The Morgan fingerprint density at radius 2 is 0.797 bits per heavy atom. The van der Waals surface area contributed by atoms with Gasteiger partial charge < -0.3 is 20.3 Å². The molecule has 6 heteroatoms.